The summed E-state index contributed by atoms with van der Waals surface area (Å²) in [6, 6.07) is 31.5. The molecule has 0 unspecified atom stereocenters. The fraction of sp³-hybridized carbons (Fsp3) is 0.125. The Hall–Kier alpha value is -3.46. The van der Waals surface area contributed by atoms with Gasteiger partial charge >= 0.3 is 0 Å². The van der Waals surface area contributed by atoms with E-state index >= 15 is 0 Å². The average Bonchev–Trinajstić information content (AvgIpc) is 3.11. The molecular weight excluding hydrogens is 624 g/mol. The maximum Gasteiger partial charge on any atom is 0.123 e. The molecule has 1 aliphatic carbocycles. The molecule has 1 radical (unpaired) electrons. The molecule has 0 saturated heterocycles. The summed E-state index contributed by atoms with van der Waals surface area (Å²) in [5, 5.41) is 5.30. The summed E-state index contributed by atoms with van der Waals surface area (Å²) < 4.78 is 14.3. The Balaban J connectivity index is 0.000000175. The molecule has 1 aliphatic rings. The van der Waals surface area contributed by atoms with Crippen LogP contribution in [0.4, 0.5) is 4.39 Å². The number of halogens is 1. The monoisotopic (exact) mass is 647 g/mol. The fourth-order valence-corrected chi connectivity index (χ4v) is 5.26. The fourth-order valence-electron chi connectivity index (χ4n) is 5.26. The van der Waals surface area contributed by atoms with Crippen molar-refractivity contribution in [2.24, 2.45) is 0 Å². The zero-order valence-corrected chi connectivity index (χ0v) is 22.6. The molecule has 4 aromatic carbocycles. The minimum Gasteiger partial charge on any atom is -0.305 e. The second kappa shape index (κ2) is 9.20. The smallest absolute Gasteiger partial charge is 0.123 e. The van der Waals surface area contributed by atoms with E-state index in [2.05, 4.69) is 37.0 Å². The third kappa shape index (κ3) is 3.82. The summed E-state index contributed by atoms with van der Waals surface area (Å²) in [6.07, 6.45) is 1.79. The van der Waals surface area contributed by atoms with Gasteiger partial charge in [-0.05, 0) is 64.3 Å². The van der Waals surface area contributed by atoms with Crippen LogP contribution in [0.15, 0.2) is 85.1 Å². The number of pyridine rings is 2. The van der Waals surface area contributed by atoms with Crippen molar-refractivity contribution in [3.63, 3.8) is 0 Å². The van der Waals surface area contributed by atoms with E-state index in [9.17, 15) is 4.39 Å². The van der Waals surface area contributed by atoms with Crippen molar-refractivity contribution in [3.05, 3.63) is 120 Å². The normalized spacial score (nSPS) is 13.0. The van der Waals surface area contributed by atoms with Crippen LogP contribution in [-0.2, 0) is 25.5 Å². The van der Waals surface area contributed by atoms with Crippen molar-refractivity contribution in [2.45, 2.75) is 26.2 Å². The van der Waals surface area contributed by atoms with Gasteiger partial charge in [0.05, 0.1) is 0 Å². The number of aryl methyl sites for hydroxylation is 1. The molecule has 0 fully saturated rings. The van der Waals surface area contributed by atoms with Crippen molar-refractivity contribution in [1.29, 1.82) is 0 Å². The van der Waals surface area contributed by atoms with E-state index in [1.165, 1.54) is 10.9 Å². The number of nitrogens with zero attached hydrogens (tertiary/aromatic N) is 2. The number of hydrogen-bond donors (Lipinski definition) is 0. The first-order chi connectivity index (χ1) is 16.9. The van der Waals surface area contributed by atoms with Gasteiger partial charge in [-0.2, -0.15) is 0 Å². The van der Waals surface area contributed by atoms with Crippen LogP contribution in [0.2, 0.25) is 0 Å². The van der Waals surface area contributed by atoms with Gasteiger partial charge in [-0.1, -0.05) is 36.8 Å². The van der Waals surface area contributed by atoms with Crippen molar-refractivity contribution >= 4 is 32.4 Å². The van der Waals surface area contributed by atoms with E-state index in [0.717, 1.165) is 49.6 Å². The second-order valence-electron chi connectivity index (χ2n) is 9.49. The van der Waals surface area contributed by atoms with Gasteiger partial charge < -0.3 is 9.97 Å². The van der Waals surface area contributed by atoms with Gasteiger partial charge in [-0.25, -0.2) is 4.39 Å². The van der Waals surface area contributed by atoms with Crippen LogP contribution in [0.5, 0.6) is 0 Å². The second-order valence-corrected chi connectivity index (χ2v) is 9.49. The number of benzene rings is 4. The zero-order chi connectivity index (χ0) is 24.2. The van der Waals surface area contributed by atoms with E-state index in [1.54, 1.807) is 18.3 Å². The van der Waals surface area contributed by atoms with Crippen LogP contribution < -0.4 is 0 Å². The zero-order valence-electron chi connectivity index (χ0n) is 20.2. The minimum absolute atomic E-state index is 0. The summed E-state index contributed by atoms with van der Waals surface area (Å²) >= 11 is 0. The van der Waals surface area contributed by atoms with Crippen molar-refractivity contribution < 1.29 is 24.5 Å². The van der Waals surface area contributed by atoms with Gasteiger partial charge in [-0.3, -0.25) is 0 Å². The standard InChI is InChI=1S/C21H15FN.C11H8N.Ir/c1-11-8-16-19-18-15(9-12(22)10-17(18)21(16,2)3)13-6-4-5-7-14(13)20(19)23-11;1-2-6-10(7-3-1)11-8-4-5-9-12-11;/h4-6,8-10H,1-3H3;1-6,8-9H;/q2*-1;. The summed E-state index contributed by atoms with van der Waals surface area (Å²) in [7, 11) is 0. The molecule has 0 spiro atoms. The Morgan fingerprint density at radius 3 is 2.33 bits per heavy atom. The van der Waals surface area contributed by atoms with Gasteiger partial charge in [0.25, 0.3) is 0 Å². The molecule has 0 N–H and O–H groups in total. The van der Waals surface area contributed by atoms with E-state index < -0.39 is 0 Å². The Bertz CT molecular complexity index is 1600. The molecule has 36 heavy (non-hydrogen) atoms. The summed E-state index contributed by atoms with van der Waals surface area (Å²) in [6.45, 7) is 6.36. The average molecular weight is 647 g/mol. The Labute approximate surface area is 223 Å². The first-order valence-corrected chi connectivity index (χ1v) is 11.7. The quantitative estimate of drug-likeness (QED) is 0.134. The number of rotatable bonds is 1. The molecule has 2 heterocycles. The third-order valence-electron chi connectivity index (χ3n) is 6.88. The first-order valence-electron chi connectivity index (χ1n) is 11.7. The van der Waals surface area contributed by atoms with Crippen LogP contribution in [-0.4, -0.2) is 9.97 Å². The molecule has 179 valence electrons. The molecule has 4 heteroatoms. The number of aromatic nitrogens is 2. The Morgan fingerprint density at radius 1 is 0.806 bits per heavy atom. The number of fused-ring (bicyclic) bond motifs is 3. The first kappa shape index (κ1) is 24.2. The van der Waals surface area contributed by atoms with Crippen LogP contribution in [0.25, 0.3) is 43.7 Å². The summed E-state index contributed by atoms with van der Waals surface area (Å²) in [4.78, 5) is 9.03. The van der Waals surface area contributed by atoms with Gasteiger partial charge in [0.2, 0.25) is 0 Å². The summed E-state index contributed by atoms with van der Waals surface area (Å²) in [5.41, 5.74) is 6.08. The van der Waals surface area contributed by atoms with Crippen LogP contribution >= 0.6 is 0 Å². The molecule has 0 bridgehead atoms. The molecular formula is C32H23FIrN2-2. The third-order valence-corrected chi connectivity index (χ3v) is 6.88. The molecule has 2 nitrogen and oxygen atoms in total. The largest absolute Gasteiger partial charge is 0.305 e. The van der Waals surface area contributed by atoms with Gasteiger partial charge in [0.1, 0.15) is 5.82 Å². The van der Waals surface area contributed by atoms with Crippen molar-refractivity contribution in [1.82, 2.24) is 9.97 Å². The van der Waals surface area contributed by atoms with E-state index in [1.807, 2.05) is 67.6 Å². The predicted octanol–water partition coefficient (Wildman–Crippen LogP) is 7.97. The topological polar surface area (TPSA) is 25.8 Å². The van der Waals surface area contributed by atoms with Crippen LogP contribution in [0.3, 0.4) is 0 Å². The summed E-state index contributed by atoms with van der Waals surface area (Å²) in [5.74, 6) is -0.178. The maximum atomic E-state index is 14.3. The Morgan fingerprint density at radius 2 is 1.58 bits per heavy atom. The van der Waals surface area contributed by atoms with E-state index in [-0.39, 0.29) is 31.3 Å². The van der Waals surface area contributed by atoms with Gasteiger partial charge in [-0.15, -0.1) is 65.5 Å². The SMILES string of the molecule is Cc1cc2c3c(n1)c1[c-]cccc1c1cc(F)cc(c13)C2(C)C.[Ir].[c-]1ccccc1-c1ccccn1. The van der Waals surface area contributed by atoms with E-state index in [0.29, 0.717) is 0 Å². The van der Waals surface area contributed by atoms with Crippen LogP contribution in [0.1, 0.15) is 30.7 Å². The molecule has 0 saturated carbocycles. The molecule has 2 aromatic heterocycles. The van der Waals surface area contributed by atoms with Crippen molar-refractivity contribution in [3.8, 4) is 11.3 Å². The molecule has 6 aromatic rings. The molecule has 0 atom stereocenters. The van der Waals surface area contributed by atoms with E-state index in [4.69, 9.17) is 4.98 Å². The van der Waals surface area contributed by atoms with Crippen molar-refractivity contribution in [2.75, 3.05) is 0 Å². The van der Waals surface area contributed by atoms with Gasteiger partial charge in [0.15, 0.2) is 0 Å². The predicted molar refractivity (Wildman–Crippen MR) is 141 cm³/mol. The molecule has 0 amide bonds. The molecule has 7 rings (SSSR count). The minimum atomic E-state index is -0.216. The Kier molecular flexibility index (Phi) is 6.20. The number of hydrogen-bond acceptors (Lipinski definition) is 2. The maximum absolute atomic E-state index is 14.3. The molecule has 0 aliphatic heterocycles. The van der Waals surface area contributed by atoms with Gasteiger partial charge in [0, 0.05) is 37.4 Å². The van der Waals surface area contributed by atoms with Crippen LogP contribution in [0, 0.1) is 24.9 Å².